The fraction of sp³-hybridized carbons (Fsp3) is 0.588. The highest BCUT2D eigenvalue weighted by Gasteiger charge is 2.26. The first-order valence-corrected chi connectivity index (χ1v) is 11.1. The molecular weight excluding hydrogens is 398 g/mol. The Morgan fingerprint density at radius 1 is 1.21 bits per heavy atom. The van der Waals surface area contributed by atoms with Gasteiger partial charge < -0.3 is 9.91 Å². The summed E-state index contributed by atoms with van der Waals surface area (Å²) >= 11 is 2.66. The van der Waals surface area contributed by atoms with Crippen LogP contribution in [0.5, 0.6) is 0 Å². The van der Waals surface area contributed by atoms with Gasteiger partial charge >= 0.3 is 5.69 Å². The zero-order valence-corrected chi connectivity index (χ0v) is 17.6. The van der Waals surface area contributed by atoms with E-state index < -0.39 is 0 Å². The molecule has 1 N–H and O–H groups in total. The van der Waals surface area contributed by atoms with Crippen LogP contribution in [0.4, 0.5) is 5.13 Å². The van der Waals surface area contributed by atoms with E-state index in [9.17, 15) is 9.59 Å². The summed E-state index contributed by atoms with van der Waals surface area (Å²) in [7, 11) is 2.09. The Bertz CT molecular complexity index is 934. The summed E-state index contributed by atoms with van der Waals surface area (Å²) in [5, 5.41) is 14.6. The van der Waals surface area contributed by atoms with Crippen molar-refractivity contribution >= 4 is 34.1 Å². The van der Waals surface area contributed by atoms with Crippen LogP contribution in [0.2, 0.25) is 0 Å². The molecule has 0 unspecified atom stereocenters. The molecule has 3 heterocycles. The van der Waals surface area contributed by atoms with Gasteiger partial charge in [-0.25, -0.2) is 9.47 Å². The Labute approximate surface area is 171 Å². The van der Waals surface area contributed by atoms with Gasteiger partial charge in [-0.2, -0.15) is 4.98 Å². The standard InChI is InChI=1S/C17H23N7O2S2/c1-11-20-21-16(28-11)18-14(25)10-27-15-12-4-3-5-13(12)24(17(26)19-15)23-8-6-22(2)7-9-23/h3-10H2,1-2H3,(H,18,21,25). The number of carbonyl (C=O) groups excluding carboxylic acids is 1. The summed E-state index contributed by atoms with van der Waals surface area (Å²) in [5.74, 6) is 0.0219. The molecule has 1 aliphatic heterocycles. The summed E-state index contributed by atoms with van der Waals surface area (Å²) in [5.41, 5.74) is 1.93. The Balaban J connectivity index is 1.49. The maximum atomic E-state index is 12.8. The van der Waals surface area contributed by atoms with Gasteiger partial charge in [0.1, 0.15) is 10.0 Å². The average Bonchev–Trinajstić information content (AvgIpc) is 3.30. The zero-order chi connectivity index (χ0) is 19.7. The van der Waals surface area contributed by atoms with Crippen molar-refractivity contribution < 1.29 is 4.79 Å². The van der Waals surface area contributed by atoms with Crippen LogP contribution in [0, 0.1) is 6.92 Å². The lowest BCUT2D eigenvalue weighted by atomic mass is 10.3. The molecule has 2 aromatic rings. The van der Waals surface area contributed by atoms with Crippen LogP contribution < -0.4 is 16.0 Å². The minimum Gasteiger partial charge on any atom is -0.306 e. The van der Waals surface area contributed by atoms with E-state index in [1.165, 1.54) is 23.1 Å². The van der Waals surface area contributed by atoms with E-state index in [0.29, 0.717) is 10.2 Å². The second kappa shape index (κ2) is 8.18. The fourth-order valence-corrected chi connectivity index (χ4v) is 5.04. The van der Waals surface area contributed by atoms with E-state index in [1.54, 1.807) is 4.68 Å². The van der Waals surface area contributed by atoms with Crippen molar-refractivity contribution in [3.63, 3.8) is 0 Å². The number of nitrogens with one attached hydrogen (secondary N) is 1. The normalized spacial score (nSPS) is 17.0. The number of aryl methyl sites for hydroxylation is 1. The number of anilines is 1. The van der Waals surface area contributed by atoms with Crippen molar-refractivity contribution in [2.24, 2.45) is 0 Å². The van der Waals surface area contributed by atoms with Crippen LogP contribution in [-0.2, 0) is 17.6 Å². The highest BCUT2D eigenvalue weighted by Crippen LogP contribution is 2.29. The Morgan fingerprint density at radius 2 is 2.00 bits per heavy atom. The fourth-order valence-electron chi connectivity index (χ4n) is 3.55. The molecule has 1 fully saturated rings. The number of aromatic nitrogens is 4. The predicted molar refractivity (Wildman–Crippen MR) is 110 cm³/mol. The molecule has 0 radical (unpaired) electrons. The second-order valence-electron chi connectivity index (χ2n) is 7.01. The maximum Gasteiger partial charge on any atom is 0.367 e. The molecular formula is C17H23N7O2S2. The molecule has 9 nitrogen and oxygen atoms in total. The van der Waals surface area contributed by atoms with E-state index >= 15 is 0 Å². The third kappa shape index (κ3) is 4.06. The summed E-state index contributed by atoms with van der Waals surface area (Å²) in [6.07, 6.45) is 2.79. The zero-order valence-electron chi connectivity index (χ0n) is 16.0. The van der Waals surface area contributed by atoms with Crippen molar-refractivity contribution in [1.29, 1.82) is 0 Å². The molecule has 1 aliphatic carbocycles. The first kappa shape index (κ1) is 19.3. The van der Waals surface area contributed by atoms with Crippen molar-refractivity contribution in [2.45, 2.75) is 31.2 Å². The molecule has 2 aliphatic rings. The number of carbonyl (C=O) groups is 1. The number of fused-ring (bicyclic) bond motifs is 1. The van der Waals surface area contributed by atoms with Gasteiger partial charge in [-0.1, -0.05) is 23.1 Å². The first-order valence-electron chi connectivity index (χ1n) is 9.32. The van der Waals surface area contributed by atoms with E-state index in [-0.39, 0.29) is 17.3 Å². The number of piperazine rings is 1. The number of rotatable bonds is 5. The number of hydrogen-bond acceptors (Lipinski definition) is 9. The summed E-state index contributed by atoms with van der Waals surface area (Å²) in [4.78, 5) is 31.6. The van der Waals surface area contributed by atoms with Gasteiger partial charge in [-0.15, -0.1) is 10.2 Å². The molecule has 0 bridgehead atoms. The van der Waals surface area contributed by atoms with Gasteiger partial charge in [0, 0.05) is 31.7 Å². The van der Waals surface area contributed by atoms with Crippen LogP contribution in [-0.4, -0.2) is 69.6 Å². The molecule has 1 amide bonds. The second-order valence-corrected chi connectivity index (χ2v) is 9.16. The molecule has 0 aromatic carbocycles. The first-order chi connectivity index (χ1) is 13.5. The molecule has 28 heavy (non-hydrogen) atoms. The number of nitrogens with zero attached hydrogens (tertiary/aromatic N) is 6. The summed E-state index contributed by atoms with van der Waals surface area (Å²) < 4.78 is 1.78. The van der Waals surface area contributed by atoms with E-state index in [1.807, 2.05) is 6.92 Å². The smallest absolute Gasteiger partial charge is 0.306 e. The average molecular weight is 422 g/mol. The van der Waals surface area contributed by atoms with Crippen molar-refractivity contribution in [1.82, 2.24) is 24.8 Å². The molecule has 0 saturated carbocycles. The van der Waals surface area contributed by atoms with E-state index in [0.717, 1.165) is 61.7 Å². The Morgan fingerprint density at radius 3 is 2.71 bits per heavy atom. The van der Waals surface area contributed by atoms with Crippen LogP contribution in [0.1, 0.15) is 22.7 Å². The molecule has 4 rings (SSSR count). The highest BCUT2D eigenvalue weighted by molar-refractivity contribution is 8.00. The molecule has 0 spiro atoms. The van der Waals surface area contributed by atoms with Crippen molar-refractivity contribution in [2.75, 3.05) is 49.3 Å². The van der Waals surface area contributed by atoms with Crippen molar-refractivity contribution in [3.05, 3.63) is 26.7 Å². The lowest BCUT2D eigenvalue weighted by Gasteiger charge is -2.35. The Kier molecular flexibility index (Phi) is 5.65. The lowest BCUT2D eigenvalue weighted by Crippen LogP contribution is -2.54. The van der Waals surface area contributed by atoms with Gasteiger partial charge in [0.15, 0.2) is 0 Å². The molecule has 150 valence electrons. The number of hydrogen-bond donors (Lipinski definition) is 1. The Hall–Kier alpha value is -1.98. The molecule has 2 aromatic heterocycles. The number of amides is 1. The number of thioether (sulfide) groups is 1. The summed E-state index contributed by atoms with van der Waals surface area (Å²) in [6.45, 7) is 5.35. The quantitative estimate of drug-likeness (QED) is 0.551. The molecule has 11 heteroatoms. The third-order valence-corrected chi connectivity index (χ3v) is 6.73. The van der Waals surface area contributed by atoms with Crippen LogP contribution in [0.15, 0.2) is 9.82 Å². The van der Waals surface area contributed by atoms with Crippen molar-refractivity contribution in [3.8, 4) is 0 Å². The van der Waals surface area contributed by atoms with Crippen LogP contribution in [0.3, 0.4) is 0 Å². The van der Waals surface area contributed by atoms with Crippen LogP contribution in [0.25, 0.3) is 0 Å². The predicted octanol–water partition coefficient (Wildman–Crippen LogP) is 0.506. The topological polar surface area (TPSA) is 96.2 Å². The largest absolute Gasteiger partial charge is 0.367 e. The van der Waals surface area contributed by atoms with Gasteiger partial charge in [0.25, 0.3) is 0 Å². The maximum absolute atomic E-state index is 12.8. The van der Waals surface area contributed by atoms with E-state index in [2.05, 4.69) is 37.5 Å². The van der Waals surface area contributed by atoms with E-state index in [4.69, 9.17) is 0 Å². The number of likely N-dealkylation sites (N-methyl/N-ethyl adjacent to an activating group) is 1. The minimum absolute atomic E-state index is 0.169. The molecule has 0 atom stereocenters. The van der Waals surface area contributed by atoms with Gasteiger partial charge in [-0.3, -0.25) is 10.1 Å². The van der Waals surface area contributed by atoms with Crippen LogP contribution >= 0.6 is 23.1 Å². The summed E-state index contributed by atoms with van der Waals surface area (Å²) in [6, 6.07) is 0. The monoisotopic (exact) mass is 421 g/mol. The highest BCUT2D eigenvalue weighted by atomic mass is 32.2. The molecule has 1 saturated heterocycles. The SMILES string of the molecule is Cc1nnc(NC(=O)CSc2nc(=O)n(N3CCN(C)CC3)c3c2CCC3)s1. The van der Waals surface area contributed by atoms with Gasteiger partial charge in [-0.05, 0) is 33.2 Å². The third-order valence-electron chi connectivity index (χ3n) is 4.96. The van der Waals surface area contributed by atoms with Gasteiger partial charge in [0.2, 0.25) is 11.0 Å². The van der Waals surface area contributed by atoms with Gasteiger partial charge in [0.05, 0.1) is 11.4 Å². The minimum atomic E-state index is -0.243. The lowest BCUT2D eigenvalue weighted by molar-refractivity contribution is -0.113.